The van der Waals surface area contributed by atoms with Crippen molar-refractivity contribution in [3.8, 4) is 5.69 Å². The predicted molar refractivity (Wildman–Crippen MR) is 105 cm³/mol. The van der Waals surface area contributed by atoms with Gasteiger partial charge in [-0.2, -0.15) is 4.68 Å². The zero-order valence-corrected chi connectivity index (χ0v) is 15.9. The van der Waals surface area contributed by atoms with Crippen LogP contribution in [0.25, 0.3) is 16.9 Å². The van der Waals surface area contributed by atoms with E-state index < -0.39 is 0 Å². The molecule has 6 heteroatoms. The van der Waals surface area contributed by atoms with E-state index in [9.17, 15) is 4.79 Å². The lowest BCUT2D eigenvalue weighted by atomic mass is 10.1. The lowest BCUT2D eigenvalue weighted by Gasteiger charge is -2.09. The van der Waals surface area contributed by atoms with Crippen LogP contribution in [0.2, 0.25) is 0 Å². The second kappa shape index (κ2) is 6.46. The summed E-state index contributed by atoms with van der Waals surface area (Å²) in [4.78, 5) is 17.4. The third-order valence-corrected chi connectivity index (χ3v) is 5.01. The maximum absolute atomic E-state index is 12.9. The van der Waals surface area contributed by atoms with Crippen molar-refractivity contribution in [1.29, 1.82) is 0 Å². The van der Waals surface area contributed by atoms with Gasteiger partial charge < -0.3 is 0 Å². The molecule has 0 atom stereocenters. The fourth-order valence-electron chi connectivity index (χ4n) is 3.14. The molecule has 27 heavy (non-hydrogen) atoms. The molecule has 4 rings (SSSR count). The minimum Gasteiger partial charge on any atom is -0.293 e. The van der Waals surface area contributed by atoms with Gasteiger partial charge in [0.25, 0.3) is 5.56 Å². The second-order valence-corrected chi connectivity index (χ2v) is 7.05. The minimum absolute atomic E-state index is 0.184. The summed E-state index contributed by atoms with van der Waals surface area (Å²) in [7, 11) is 0. The van der Waals surface area contributed by atoms with Crippen LogP contribution in [0.5, 0.6) is 0 Å². The summed E-state index contributed by atoms with van der Waals surface area (Å²) >= 11 is 0. The summed E-state index contributed by atoms with van der Waals surface area (Å²) < 4.78 is 3.20. The van der Waals surface area contributed by atoms with Gasteiger partial charge in [-0.25, -0.2) is 4.98 Å². The van der Waals surface area contributed by atoms with Gasteiger partial charge in [0.15, 0.2) is 11.2 Å². The Hall–Kier alpha value is -3.28. The van der Waals surface area contributed by atoms with E-state index in [1.54, 1.807) is 15.6 Å². The molecule has 2 heterocycles. The molecule has 0 aliphatic carbocycles. The van der Waals surface area contributed by atoms with E-state index in [1.165, 1.54) is 11.1 Å². The van der Waals surface area contributed by atoms with E-state index in [4.69, 9.17) is 0 Å². The lowest BCUT2D eigenvalue weighted by Crippen LogP contribution is -2.22. The standard InChI is InChI=1S/C21H21N5O/c1-13-5-6-15(3)17(9-13)11-25-12-22-20-19(21(25)27)23-24-26(20)18-8-7-14(2)16(4)10-18/h5-10,12H,11H2,1-4H3. The van der Waals surface area contributed by atoms with Crippen LogP contribution >= 0.6 is 0 Å². The molecule has 0 bridgehead atoms. The second-order valence-electron chi connectivity index (χ2n) is 7.05. The number of fused-ring (bicyclic) bond motifs is 1. The van der Waals surface area contributed by atoms with Crippen molar-refractivity contribution in [2.75, 3.05) is 0 Å². The first-order chi connectivity index (χ1) is 12.9. The average Bonchev–Trinajstić information content (AvgIpc) is 3.07. The normalized spacial score (nSPS) is 11.3. The molecule has 6 nitrogen and oxygen atoms in total. The molecule has 2 aromatic heterocycles. The number of aryl methyl sites for hydroxylation is 4. The SMILES string of the molecule is Cc1ccc(C)c(Cn2cnc3c(nnn3-c3ccc(C)c(C)c3)c2=O)c1. The first-order valence-corrected chi connectivity index (χ1v) is 8.88. The Balaban J connectivity index is 1.79. The highest BCUT2D eigenvalue weighted by molar-refractivity contribution is 5.70. The summed E-state index contributed by atoms with van der Waals surface area (Å²) in [5, 5.41) is 8.27. The molecule has 0 amide bonds. The Morgan fingerprint density at radius 2 is 1.70 bits per heavy atom. The quantitative estimate of drug-likeness (QED) is 0.563. The number of benzene rings is 2. The van der Waals surface area contributed by atoms with Crippen LogP contribution in [0, 0.1) is 27.7 Å². The molecule has 0 fully saturated rings. The minimum atomic E-state index is -0.184. The van der Waals surface area contributed by atoms with Gasteiger partial charge in [0, 0.05) is 0 Å². The van der Waals surface area contributed by atoms with Crippen molar-refractivity contribution >= 4 is 11.2 Å². The van der Waals surface area contributed by atoms with E-state index in [-0.39, 0.29) is 11.1 Å². The molecule has 0 radical (unpaired) electrons. The summed E-state index contributed by atoms with van der Waals surface area (Å²) in [6.07, 6.45) is 1.58. The maximum Gasteiger partial charge on any atom is 0.283 e. The van der Waals surface area contributed by atoms with E-state index >= 15 is 0 Å². The molecule has 136 valence electrons. The van der Waals surface area contributed by atoms with Gasteiger partial charge in [-0.1, -0.05) is 35.0 Å². The number of aromatic nitrogens is 5. The molecule has 2 aromatic carbocycles. The van der Waals surface area contributed by atoms with Gasteiger partial charge in [-0.15, -0.1) is 5.10 Å². The summed E-state index contributed by atoms with van der Waals surface area (Å²) in [6, 6.07) is 12.2. The van der Waals surface area contributed by atoms with E-state index in [0.717, 1.165) is 22.4 Å². The molecule has 0 aliphatic heterocycles. The highest BCUT2D eigenvalue weighted by atomic mass is 16.1. The molecule has 0 spiro atoms. The Morgan fingerprint density at radius 1 is 0.926 bits per heavy atom. The van der Waals surface area contributed by atoms with Crippen LogP contribution in [0.4, 0.5) is 0 Å². The monoisotopic (exact) mass is 359 g/mol. The highest BCUT2D eigenvalue weighted by Crippen LogP contribution is 2.16. The van der Waals surface area contributed by atoms with Crippen LogP contribution in [0.15, 0.2) is 47.5 Å². The van der Waals surface area contributed by atoms with E-state index in [2.05, 4.69) is 40.4 Å². The van der Waals surface area contributed by atoms with Crippen molar-refractivity contribution in [2.45, 2.75) is 34.2 Å². The van der Waals surface area contributed by atoms with Gasteiger partial charge in [-0.3, -0.25) is 9.36 Å². The Labute approximate surface area is 157 Å². The number of hydrogen-bond acceptors (Lipinski definition) is 4. The van der Waals surface area contributed by atoms with Crippen LogP contribution in [0.1, 0.15) is 27.8 Å². The maximum atomic E-state index is 12.9. The Morgan fingerprint density at radius 3 is 2.48 bits per heavy atom. The van der Waals surface area contributed by atoms with Crippen LogP contribution in [-0.4, -0.2) is 24.5 Å². The number of rotatable bonds is 3. The Kier molecular flexibility index (Phi) is 4.11. The van der Waals surface area contributed by atoms with Crippen molar-refractivity contribution in [1.82, 2.24) is 24.5 Å². The molecule has 4 aromatic rings. The van der Waals surface area contributed by atoms with E-state index in [0.29, 0.717) is 12.2 Å². The highest BCUT2D eigenvalue weighted by Gasteiger charge is 2.14. The molecule has 0 saturated carbocycles. The summed E-state index contributed by atoms with van der Waals surface area (Å²) in [5.74, 6) is 0. The van der Waals surface area contributed by atoms with Crippen LogP contribution < -0.4 is 5.56 Å². The predicted octanol–water partition coefficient (Wildman–Crippen LogP) is 3.26. The number of nitrogens with zero attached hydrogens (tertiary/aromatic N) is 5. The molecule has 0 unspecified atom stereocenters. The molecular formula is C21H21N5O. The van der Waals surface area contributed by atoms with Gasteiger partial charge in [0.2, 0.25) is 0 Å². The molecule has 0 N–H and O–H groups in total. The first kappa shape index (κ1) is 17.1. The van der Waals surface area contributed by atoms with E-state index in [1.807, 2.05) is 39.0 Å². The molecule has 0 aliphatic rings. The number of hydrogen-bond donors (Lipinski definition) is 0. The van der Waals surface area contributed by atoms with Gasteiger partial charge >= 0.3 is 0 Å². The third kappa shape index (κ3) is 3.03. The zero-order chi connectivity index (χ0) is 19.1. The first-order valence-electron chi connectivity index (χ1n) is 8.88. The van der Waals surface area contributed by atoms with Crippen molar-refractivity contribution in [3.05, 3.63) is 80.9 Å². The largest absolute Gasteiger partial charge is 0.293 e. The Bertz CT molecular complexity index is 1220. The van der Waals surface area contributed by atoms with Gasteiger partial charge in [0.05, 0.1) is 12.2 Å². The fraction of sp³-hybridized carbons (Fsp3) is 0.238. The van der Waals surface area contributed by atoms with Crippen molar-refractivity contribution in [3.63, 3.8) is 0 Å². The fourth-order valence-corrected chi connectivity index (χ4v) is 3.14. The topological polar surface area (TPSA) is 65.6 Å². The molecule has 0 saturated heterocycles. The van der Waals surface area contributed by atoms with Crippen LogP contribution in [-0.2, 0) is 6.54 Å². The smallest absolute Gasteiger partial charge is 0.283 e. The molecular weight excluding hydrogens is 338 g/mol. The van der Waals surface area contributed by atoms with Gasteiger partial charge in [0.1, 0.15) is 6.33 Å². The van der Waals surface area contributed by atoms with Crippen molar-refractivity contribution < 1.29 is 0 Å². The lowest BCUT2D eigenvalue weighted by molar-refractivity contribution is 0.741. The third-order valence-electron chi connectivity index (χ3n) is 5.01. The average molecular weight is 359 g/mol. The summed E-state index contributed by atoms with van der Waals surface area (Å²) in [5.41, 5.74) is 7.17. The summed E-state index contributed by atoms with van der Waals surface area (Å²) in [6.45, 7) is 8.65. The zero-order valence-electron chi connectivity index (χ0n) is 15.9. The van der Waals surface area contributed by atoms with Crippen LogP contribution in [0.3, 0.4) is 0 Å². The van der Waals surface area contributed by atoms with Crippen molar-refractivity contribution in [2.24, 2.45) is 0 Å². The van der Waals surface area contributed by atoms with Gasteiger partial charge in [-0.05, 0) is 62.1 Å².